The molecule has 0 aromatic heterocycles. The molecule has 6 heteroatoms. The predicted octanol–water partition coefficient (Wildman–Crippen LogP) is 8.28. The molecule has 0 saturated heterocycles. The molecule has 6 nitrogen and oxygen atoms in total. The molecule has 5 rings (SSSR count). The molecule has 0 bridgehead atoms. The van der Waals surface area contributed by atoms with Gasteiger partial charge in [0.25, 0.3) is 5.69 Å². The number of fused-ring (bicyclic) bond motifs is 1. The first-order chi connectivity index (χ1) is 19.0. The maximum Gasteiger partial charge on any atom is 0.346 e. The molecule has 0 atom stereocenters. The van der Waals surface area contributed by atoms with Gasteiger partial charge in [-0.25, -0.2) is 9.59 Å². The molecule has 0 amide bonds. The van der Waals surface area contributed by atoms with Gasteiger partial charge in [0, 0.05) is 12.1 Å². The van der Waals surface area contributed by atoms with E-state index >= 15 is 0 Å². The lowest BCUT2D eigenvalue weighted by Gasteiger charge is -2.42. The fourth-order valence-corrected chi connectivity index (χ4v) is 5.44. The second kappa shape index (κ2) is 10.2. The minimum atomic E-state index is -0.729. The number of hydrogen-bond donors (Lipinski definition) is 0. The first kappa shape index (κ1) is 27.0. The van der Waals surface area contributed by atoms with E-state index in [0.717, 1.165) is 35.1 Å². The quantitative estimate of drug-likeness (QED) is 0.111. The van der Waals surface area contributed by atoms with Crippen LogP contribution in [0.1, 0.15) is 72.4 Å². The Labute approximate surface area is 233 Å². The average Bonchev–Trinajstić information content (AvgIpc) is 2.95. The van der Waals surface area contributed by atoms with Crippen molar-refractivity contribution in [2.24, 2.45) is 0 Å². The van der Waals surface area contributed by atoms with Gasteiger partial charge < -0.3 is 4.74 Å². The number of rotatable bonds is 5. The van der Waals surface area contributed by atoms with Crippen LogP contribution in [0, 0.1) is 10.1 Å². The summed E-state index contributed by atoms with van der Waals surface area (Å²) in [7, 11) is 0. The van der Waals surface area contributed by atoms with E-state index in [4.69, 9.17) is 4.74 Å². The van der Waals surface area contributed by atoms with Crippen molar-refractivity contribution in [3.05, 3.63) is 123 Å². The second-order valence-corrected chi connectivity index (χ2v) is 11.6. The molecule has 0 saturated carbocycles. The fraction of sp³-hybridized carbons (Fsp3) is 0.235. The minimum absolute atomic E-state index is 0.0296. The van der Waals surface area contributed by atoms with Crippen LogP contribution in [0.15, 0.2) is 91.0 Å². The number of benzene rings is 4. The third kappa shape index (κ3) is 5.17. The van der Waals surface area contributed by atoms with E-state index in [1.807, 2.05) is 18.2 Å². The number of hydrogen-bond acceptors (Lipinski definition) is 5. The summed E-state index contributed by atoms with van der Waals surface area (Å²) in [5.41, 5.74) is 6.42. The van der Waals surface area contributed by atoms with Gasteiger partial charge in [0.15, 0.2) is 0 Å². The van der Waals surface area contributed by atoms with E-state index in [1.54, 1.807) is 54.6 Å². The van der Waals surface area contributed by atoms with Crippen LogP contribution in [-0.2, 0) is 15.6 Å². The van der Waals surface area contributed by atoms with Gasteiger partial charge in [-0.15, -0.1) is 0 Å². The predicted molar refractivity (Wildman–Crippen MR) is 155 cm³/mol. The Morgan fingerprint density at radius 3 is 1.75 bits per heavy atom. The molecule has 4 aromatic rings. The van der Waals surface area contributed by atoms with Crippen molar-refractivity contribution in [3.8, 4) is 22.3 Å². The van der Waals surface area contributed by atoms with Crippen LogP contribution < -0.4 is 0 Å². The molecule has 1 aliphatic rings. The van der Waals surface area contributed by atoms with Crippen molar-refractivity contribution < 1.29 is 19.2 Å². The monoisotopic (exact) mass is 533 g/mol. The number of nitro groups is 1. The first-order valence-corrected chi connectivity index (χ1v) is 13.3. The maximum atomic E-state index is 12.7. The standard InChI is InChI=1S/C34H31NO5/c1-33(2)17-18-34(3,4)30-21-28(25-11-8-12-26(19-25)35(38)39)27(20-29(30)33)22-13-15-24(16-14-22)32(37)40-31(36)23-9-6-5-7-10-23/h5-16,19-21H,17-18H2,1-4H3. The highest BCUT2D eigenvalue weighted by Crippen LogP contribution is 2.49. The maximum absolute atomic E-state index is 12.7. The summed E-state index contributed by atoms with van der Waals surface area (Å²) in [6.45, 7) is 8.99. The van der Waals surface area contributed by atoms with Gasteiger partial charge in [-0.2, -0.15) is 0 Å². The smallest absolute Gasteiger partial charge is 0.346 e. The largest absolute Gasteiger partial charge is 0.386 e. The molecule has 0 aliphatic heterocycles. The molecule has 0 heterocycles. The van der Waals surface area contributed by atoms with Crippen LogP contribution in [0.4, 0.5) is 5.69 Å². The van der Waals surface area contributed by atoms with Gasteiger partial charge >= 0.3 is 11.9 Å². The number of carbonyl (C=O) groups excluding carboxylic acids is 2. The van der Waals surface area contributed by atoms with E-state index in [-0.39, 0.29) is 27.0 Å². The third-order valence-electron chi connectivity index (χ3n) is 7.99. The Hall–Kier alpha value is -4.58. The number of ether oxygens (including phenoxy) is 1. The molecule has 1 aliphatic carbocycles. The SMILES string of the molecule is CC1(C)CCC(C)(C)c2cc(-c3cccc([N+](=O)[O-])c3)c(-c3ccc(C(=O)OC(=O)c4ccccc4)cc3)cc21. The summed E-state index contributed by atoms with van der Waals surface area (Å²) in [6, 6.07) is 26.4. The number of carbonyl (C=O) groups is 2. The highest BCUT2D eigenvalue weighted by Gasteiger charge is 2.38. The molecule has 0 N–H and O–H groups in total. The van der Waals surface area contributed by atoms with Crippen LogP contribution in [0.5, 0.6) is 0 Å². The lowest BCUT2D eigenvalue weighted by atomic mass is 9.62. The molecule has 0 radical (unpaired) electrons. The minimum Gasteiger partial charge on any atom is -0.386 e. The van der Waals surface area contributed by atoms with Gasteiger partial charge in [0.05, 0.1) is 16.1 Å². The lowest BCUT2D eigenvalue weighted by molar-refractivity contribution is -0.384. The second-order valence-electron chi connectivity index (χ2n) is 11.6. The number of esters is 2. The van der Waals surface area contributed by atoms with Crippen LogP contribution in [0.25, 0.3) is 22.3 Å². The summed E-state index contributed by atoms with van der Waals surface area (Å²) in [6.07, 6.45) is 2.09. The number of non-ortho nitro benzene ring substituents is 1. The van der Waals surface area contributed by atoms with Gasteiger partial charge in [0.1, 0.15) is 0 Å². The molecular formula is C34H31NO5. The Morgan fingerprint density at radius 1 is 0.675 bits per heavy atom. The van der Waals surface area contributed by atoms with Gasteiger partial charge in [-0.1, -0.05) is 70.2 Å². The highest BCUT2D eigenvalue weighted by molar-refractivity contribution is 6.02. The van der Waals surface area contributed by atoms with Crippen LogP contribution in [0.3, 0.4) is 0 Å². The molecule has 0 fully saturated rings. The van der Waals surface area contributed by atoms with E-state index in [9.17, 15) is 19.7 Å². The molecular weight excluding hydrogens is 502 g/mol. The highest BCUT2D eigenvalue weighted by atomic mass is 16.6. The Balaban J connectivity index is 1.58. The van der Waals surface area contributed by atoms with Crippen molar-refractivity contribution in [1.29, 1.82) is 0 Å². The Kier molecular flexibility index (Phi) is 6.88. The normalized spacial score (nSPS) is 15.1. The van der Waals surface area contributed by atoms with E-state index in [1.165, 1.54) is 17.2 Å². The summed E-state index contributed by atoms with van der Waals surface area (Å²) < 4.78 is 5.08. The zero-order valence-corrected chi connectivity index (χ0v) is 23.1. The zero-order valence-electron chi connectivity index (χ0n) is 23.1. The van der Waals surface area contributed by atoms with Gasteiger partial charge in [-0.3, -0.25) is 10.1 Å². The fourth-order valence-electron chi connectivity index (χ4n) is 5.44. The zero-order chi connectivity index (χ0) is 28.7. The molecule has 0 unspecified atom stereocenters. The average molecular weight is 534 g/mol. The Bertz CT molecular complexity index is 1620. The molecule has 202 valence electrons. The van der Waals surface area contributed by atoms with Crippen LogP contribution in [0.2, 0.25) is 0 Å². The van der Waals surface area contributed by atoms with Crippen molar-refractivity contribution in [3.63, 3.8) is 0 Å². The van der Waals surface area contributed by atoms with Gasteiger partial charge in [0.2, 0.25) is 0 Å². The van der Waals surface area contributed by atoms with Crippen LogP contribution >= 0.6 is 0 Å². The Morgan fingerprint density at radius 2 is 1.20 bits per heavy atom. The van der Waals surface area contributed by atoms with E-state index < -0.39 is 11.9 Å². The molecule has 0 spiro atoms. The molecule has 4 aromatic carbocycles. The van der Waals surface area contributed by atoms with Gasteiger partial charge in [-0.05, 0) is 93.5 Å². The van der Waals surface area contributed by atoms with Crippen LogP contribution in [-0.4, -0.2) is 16.9 Å². The third-order valence-corrected chi connectivity index (χ3v) is 7.99. The first-order valence-electron chi connectivity index (χ1n) is 13.3. The van der Waals surface area contributed by atoms with Crippen molar-refractivity contribution in [1.82, 2.24) is 0 Å². The summed E-state index contributed by atoms with van der Waals surface area (Å²) >= 11 is 0. The summed E-state index contributed by atoms with van der Waals surface area (Å²) in [4.78, 5) is 36.2. The van der Waals surface area contributed by atoms with Crippen molar-refractivity contribution in [2.45, 2.75) is 51.4 Å². The number of nitrogens with zero attached hydrogens (tertiary/aromatic N) is 1. The number of nitro benzene ring substituents is 1. The topological polar surface area (TPSA) is 86.5 Å². The van der Waals surface area contributed by atoms with Crippen molar-refractivity contribution >= 4 is 17.6 Å². The summed E-state index contributed by atoms with van der Waals surface area (Å²) in [5, 5.41) is 11.6. The van der Waals surface area contributed by atoms with E-state index in [0.29, 0.717) is 5.56 Å². The van der Waals surface area contributed by atoms with Crippen molar-refractivity contribution in [2.75, 3.05) is 0 Å². The summed E-state index contributed by atoms with van der Waals surface area (Å²) in [5.74, 6) is -1.44. The molecule has 40 heavy (non-hydrogen) atoms. The van der Waals surface area contributed by atoms with E-state index in [2.05, 4.69) is 39.8 Å². The lowest BCUT2D eigenvalue weighted by Crippen LogP contribution is -2.34.